The standard InChI is InChI=1S/C17H16O6/c1-10-8-14(19)16(17(20)23-10)13(18)7-5-11-4-6-12(21-2)9-15(11)22-3/h4-9,16H,1-3H3/b7-5+/t16-/m1/s1. The van der Waals surface area contributed by atoms with Gasteiger partial charge in [0.05, 0.1) is 14.2 Å². The highest BCUT2D eigenvalue weighted by Gasteiger charge is 2.36. The SMILES string of the molecule is COc1ccc(/C=C/C(=O)[C@@H]2C(=O)C=C(C)OC2=O)c(OC)c1. The molecular weight excluding hydrogens is 300 g/mol. The van der Waals surface area contributed by atoms with Crippen molar-refractivity contribution in [2.75, 3.05) is 14.2 Å². The topological polar surface area (TPSA) is 78.9 Å². The van der Waals surface area contributed by atoms with E-state index in [1.807, 2.05) is 0 Å². The molecular formula is C17H16O6. The van der Waals surface area contributed by atoms with Gasteiger partial charge in [0.15, 0.2) is 17.5 Å². The molecule has 0 amide bonds. The number of carbonyl (C=O) groups is 3. The van der Waals surface area contributed by atoms with Gasteiger partial charge in [0, 0.05) is 17.7 Å². The largest absolute Gasteiger partial charge is 0.497 e. The van der Waals surface area contributed by atoms with Gasteiger partial charge in [-0.3, -0.25) is 14.4 Å². The molecule has 0 fully saturated rings. The number of benzene rings is 1. The highest BCUT2D eigenvalue weighted by Crippen LogP contribution is 2.26. The van der Waals surface area contributed by atoms with Gasteiger partial charge in [-0.05, 0) is 31.2 Å². The average Bonchev–Trinajstić information content (AvgIpc) is 2.51. The molecule has 1 aromatic carbocycles. The predicted octanol–water partition coefficient (Wildman–Crippen LogP) is 1.93. The van der Waals surface area contributed by atoms with Crippen LogP contribution in [0.5, 0.6) is 11.5 Å². The second kappa shape index (κ2) is 6.91. The first-order chi connectivity index (χ1) is 11.0. The number of rotatable bonds is 5. The number of methoxy groups -OCH3 is 2. The summed E-state index contributed by atoms with van der Waals surface area (Å²) in [4.78, 5) is 35.6. The van der Waals surface area contributed by atoms with Crippen molar-refractivity contribution >= 4 is 23.6 Å². The van der Waals surface area contributed by atoms with Gasteiger partial charge in [0.2, 0.25) is 0 Å². The third-order valence-electron chi connectivity index (χ3n) is 3.28. The van der Waals surface area contributed by atoms with Gasteiger partial charge in [0.25, 0.3) is 0 Å². The summed E-state index contributed by atoms with van der Waals surface area (Å²) in [7, 11) is 3.02. The zero-order valence-corrected chi connectivity index (χ0v) is 13.0. The van der Waals surface area contributed by atoms with Crippen LogP contribution in [-0.2, 0) is 19.1 Å². The van der Waals surface area contributed by atoms with E-state index in [0.29, 0.717) is 17.1 Å². The fourth-order valence-electron chi connectivity index (χ4n) is 2.13. The van der Waals surface area contributed by atoms with Crippen LogP contribution in [0.15, 0.2) is 36.1 Å². The third kappa shape index (κ3) is 3.66. The second-order valence-corrected chi connectivity index (χ2v) is 4.86. The first kappa shape index (κ1) is 16.5. The summed E-state index contributed by atoms with van der Waals surface area (Å²) in [6, 6.07) is 5.07. The lowest BCUT2D eigenvalue weighted by atomic mass is 9.96. The fraction of sp³-hybridized carbons (Fsp3) is 0.235. The van der Waals surface area contributed by atoms with Crippen molar-refractivity contribution in [2.45, 2.75) is 6.92 Å². The number of cyclic esters (lactones) is 1. The Kier molecular flexibility index (Phi) is 4.95. The van der Waals surface area contributed by atoms with E-state index in [0.717, 1.165) is 6.08 Å². The predicted molar refractivity (Wildman–Crippen MR) is 81.9 cm³/mol. The first-order valence-electron chi connectivity index (χ1n) is 6.84. The van der Waals surface area contributed by atoms with Gasteiger partial charge < -0.3 is 14.2 Å². The molecule has 1 heterocycles. The Hall–Kier alpha value is -2.89. The number of ether oxygens (including phenoxy) is 3. The number of hydrogen-bond acceptors (Lipinski definition) is 6. The molecule has 6 heteroatoms. The Morgan fingerprint density at radius 1 is 1.22 bits per heavy atom. The van der Waals surface area contributed by atoms with Gasteiger partial charge in [0.1, 0.15) is 17.3 Å². The van der Waals surface area contributed by atoms with Gasteiger partial charge in [-0.25, -0.2) is 0 Å². The van der Waals surface area contributed by atoms with Gasteiger partial charge >= 0.3 is 5.97 Å². The van der Waals surface area contributed by atoms with Crippen LogP contribution in [0, 0.1) is 5.92 Å². The van der Waals surface area contributed by atoms with E-state index < -0.39 is 23.5 Å². The quantitative estimate of drug-likeness (QED) is 0.469. The van der Waals surface area contributed by atoms with Crippen LogP contribution in [-0.4, -0.2) is 31.8 Å². The summed E-state index contributed by atoms with van der Waals surface area (Å²) in [5.74, 6) is -2.22. The minimum absolute atomic E-state index is 0.185. The Labute approximate surface area is 133 Å². The average molecular weight is 316 g/mol. The normalized spacial score (nSPS) is 17.7. The molecule has 0 saturated carbocycles. The molecule has 1 aliphatic rings. The summed E-state index contributed by atoms with van der Waals surface area (Å²) < 4.78 is 15.1. The van der Waals surface area contributed by atoms with Crippen molar-refractivity contribution in [3.63, 3.8) is 0 Å². The lowest BCUT2D eigenvalue weighted by molar-refractivity contribution is -0.151. The summed E-state index contributed by atoms with van der Waals surface area (Å²) in [5, 5.41) is 0. The van der Waals surface area contributed by atoms with E-state index in [4.69, 9.17) is 14.2 Å². The highest BCUT2D eigenvalue weighted by atomic mass is 16.5. The highest BCUT2D eigenvalue weighted by molar-refractivity contribution is 6.25. The van der Waals surface area contributed by atoms with Crippen LogP contribution in [0.1, 0.15) is 12.5 Å². The molecule has 120 valence electrons. The Morgan fingerprint density at radius 2 is 1.96 bits per heavy atom. The maximum Gasteiger partial charge on any atom is 0.329 e. The Bertz CT molecular complexity index is 714. The molecule has 6 nitrogen and oxygen atoms in total. The number of esters is 1. The molecule has 2 rings (SSSR count). The lowest BCUT2D eigenvalue weighted by Gasteiger charge is -2.15. The fourth-order valence-corrected chi connectivity index (χ4v) is 2.13. The van der Waals surface area contributed by atoms with Crippen molar-refractivity contribution in [3.8, 4) is 11.5 Å². The van der Waals surface area contributed by atoms with Crippen molar-refractivity contribution in [1.82, 2.24) is 0 Å². The Morgan fingerprint density at radius 3 is 2.57 bits per heavy atom. The first-order valence-corrected chi connectivity index (χ1v) is 6.84. The summed E-state index contributed by atoms with van der Waals surface area (Å²) in [5.41, 5.74) is 0.616. The summed E-state index contributed by atoms with van der Waals surface area (Å²) in [6.07, 6.45) is 3.79. The van der Waals surface area contributed by atoms with Crippen LogP contribution in [0.25, 0.3) is 6.08 Å². The van der Waals surface area contributed by atoms with Crippen molar-refractivity contribution in [2.24, 2.45) is 5.92 Å². The number of hydrogen-bond donors (Lipinski definition) is 0. The molecule has 1 aliphatic heterocycles. The van der Waals surface area contributed by atoms with E-state index in [1.54, 1.807) is 18.2 Å². The van der Waals surface area contributed by atoms with E-state index >= 15 is 0 Å². The molecule has 0 bridgehead atoms. The minimum atomic E-state index is -1.45. The van der Waals surface area contributed by atoms with Crippen LogP contribution in [0.4, 0.5) is 0 Å². The van der Waals surface area contributed by atoms with Gasteiger partial charge in [-0.1, -0.05) is 0 Å². The van der Waals surface area contributed by atoms with E-state index in [9.17, 15) is 14.4 Å². The molecule has 0 spiro atoms. The van der Waals surface area contributed by atoms with Crippen LogP contribution >= 0.6 is 0 Å². The second-order valence-electron chi connectivity index (χ2n) is 4.86. The van der Waals surface area contributed by atoms with Crippen LogP contribution in [0.2, 0.25) is 0 Å². The zero-order chi connectivity index (χ0) is 17.0. The zero-order valence-electron chi connectivity index (χ0n) is 13.0. The lowest BCUT2D eigenvalue weighted by Crippen LogP contribution is -2.34. The number of ketones is 2. The monoisotopic (exact) mass is 316 g/mol. The third-order valence-corrected chi connectivity index (χ3v) is 3.28. The van der Waals surface area contributed by atoms with Crippen molar-refractivity contribution < 1.29 is 28.6 Å². The number of allylic oxidation sites excluding steroid dienone is 3. The maximum absolute atomic E-state index is 12.1. The number of carbonyl (C=O) groups excluding carboxylic acids is 3. The minimum Gasteiger partial charge on any atom is -0.497 e. The molecule has 1 aromatic rings. The van der Waals surface area contributed by atoms with Crippen molar-refractivity contribution in [1.29, 1.82) is 0 Å². The van der Waals surface area contributed by atoms with E-state index in [-0.39, 0.29) is 5.76 Å². The Balaban J connectivity index is 2.22. The molecule has 0 N–H and O–H groups in total. The summed E-state index contributed by atoms with van der Waals surface area (Å²) in [6.45, 7) is 1.48. The van der Waals surface area contributed by atoms with Gasteiger partial charge in [-0.15, -0.1) is 0 Å². The molecule has 23 heavy (non-hydrogen) atoms. The van der Waals surface area contributed by atoms with E-state index in [1.165, 1.54) is 33.3 Å². The van der Waals surface area contributed by atoms with Crippen LogP contribution in [0.3, 0.4) is 0 Å². The smallest absolute Gasteiger partial charge is 0.329 e. The molecule has 1 atom stereocenters. The van der Waals surface area contributed by atoms with Crippen LogP contribution < -0.4 is 9.47 Å². The van der Waals surface area contributed by atoms with E-state index in [2.05, 4.69) is 0 Å². The maximum atomic E-state index is 12.1. The summed E-state index contributed by atoms with van der Waals surface area (Å²) >= 11 is 0. The molecule has 0 aromatic heterocycles. The molecule has 0 radical (unpaired) electrons. The molecule has 0 aliphatic carbocycles. The molecule has 0 saturated heterocycles. The van der Waals surface area contributed by atoms with Crippen molar-refractivity contribution in [3.05, 3.63) is 41.7 Å². The van der Waals surface area contributed by atoms with Gasteiger partial charge in [-0.2, -0.15) is 0 Å². The molecule has 0 unspecified atom stereocenters.